The Bertz CT molecular complexity index is 1400. The summed E-state index contributed by atoms with van der Waals surface area (Å²) in [4.78, 5) is 31.6. The molecule has 8 nitrogen and oxygen atoms in total. The minimum atomic E-state index is -0.602. The molecule has 200 valence electrons. The van der Waals surface area contributed by atoms with Crippen LogP contribution in [0.1, 0.15) is 41.1 Å². The maximum atomic E-state index is 13.8. The van der Waals surface area contributed by atoms with Crippen molar-refractivity contribution in [2.45, 2.75) is 19.4 Å². The standard InChI is InChI=1S/C29H31BrN2O6/c1-3-14-37-23-8-6-19(17-24(23)36-4-2)26-25-27(33)21-18-20(30)7-9-22(21)38-28(25)29(34)32(26)11-5-10-31-12-15-35-16-13-31/h3,6-9,17-18,26H,1,4-5,10-16H2,2H3. The molecule has 5 rings (SSSR count). The lowest BCUT2D eigenvalue weighted by atomic mass is 9.98. The molecule has 2 aliphatic heterocycles. The monoisotopic (exact) mass is 582 g/mol. The van der Waals surface area contributed by atoms with Crippen molar-refractivity contribution >= 4 is 32.8 Å². The summed E-state index contributed by atoms with van der Waals surface area (Å²) in [7, 11) is 0. The van der Waals surface area contributed by atoms with Gasteiger partial charge in [0.25, 0.3) is 5.91 Å². The van der Waals surface area contributed by atoms with E-state index in [1.807, 2.05) is 25.1 Å². The smallest absolute Gasteiger partial charge is 0.290 e. The highest BCUT2D eigenvalue weighted by Crippen LogP contribution is 2.41. The normalized spacial score (nSPS) is 17.6. The van der Waals surface area contributed by atoms with Crippen LogP contribution in [-0.2, 0) is 4.74 Å². The number of hydrogen-bond donors (Lipinski definition) is 0. The maximum Gasteiger partial charge on any atom is 0.290 e. The molecule has 0 spiro atoms. The molecule has 3 heterocycles. The molecule has 1 atom stereocenters. The number of halogens is 1. The third kappa shape index (κ3) is 5.23. The van der Waals surface area contributed by atoms with Crippen molar-refractivity contribution in [3.8, 4) is 11.5 Å². The van der Waals surface area contributed by atoms with Crippen molar-refractivity contribution in [2.24, 2.45) is 0 Å². The molecule has 1 fully saturated rings. The lowest BCUT2D eigenvalue weighted by molar-refractivity contribution is 0.0353. The van der Waals surface area contributed by atoms with Crippen LogP contribution >= 0.6 is 15.9 Å². The topological polar surface area (TPSA) is 81.5 Å². The number of benzene rings is 2. The summed E-state index contributed by atoms with van der Waals surface area (Å²) in [6.45, 7) is 10.9. The van der Waals surface area contributed by atoms with Gasteiger partial charge in [-0.3, -0.25) is 14.5 Å². The van der Waals surface area contributed by atoms with E-state index >= 15 is 0 Å². The van der Waals surface area contributed by atoms with Crippen molar-refractivity contribution in [1.82, 2.24) is 9.80 Å². The molecular formula is C29H31BrN2O6. The van der Waals surface area contributed by atoms with E-state index in [0.29, 0.717) is 47.8 Å². The number of morpholine rings is 1. The van der Waals surface area contributed by atoms with Crippen LogP contribution in [-0.4, -0.2) is 68.3 Å². The van der Waals surface area contributed by atoms with Crippen LogP contribution in [0.2, 0.25) is 0 Å². The van der Waals surface area contributed by atoms with Crippen molar-refractivity contribution in [3.63, 3.8) is 0 Å². The zero-order valence-corrected chi connectivity index (χ0v) is 23.0. The summed E-state index contributed by atoms with van der Waals surface area (Å²) < 4.78 is 23.9. The zero-order chi connectivity index (χ0) is 26.6. The van der Waals surface area contributed by atoms with E-state index < -0.39 is 6.04 Å². The summed E-state index contributed by atoms with van der Waals surface area (Å²) in [6, 6.07) is 10.2. The van der Waals surface area contributed by atoms with Gasteiger partial charge in [0, 0.05) is 30.7 Å². The third-order valence-corrected chi connectivity index (χ3v) is 7.34. The van der Waals surface area contributed by atoms with Crippen LogP contribution in [0.15, 0.2) is 62.7 Å². The van der Waals surface area contributed by atoms with Crippen molar-refractivity contribution < 1.29 is 23.4 Å². The molecule has 1 unspecified atom stereocenters. The molecule has 0 bridgehead atoms. The average Bonchev–Trinajstić information content (AvgIpc) is 3.20. The predicted molar refractivity (Wildman–Crippen MR) is 148 cm³/mol. The van der Waals surface area contributed by atoms with E-state index in [-0.39, 0.29) is 17.1 Å². The first-order chi connectivity index (χ1) is 18.5. The third-order valence-electron chi connectivity index (χ3n) is 6.84. The molecular weight excluding hydrogens is 552 g/mol. The summed E-state index contributed by atoms with van der Waals surface area (Å²) in [6.07, 6.45) is 2.43. The van der Waals surface area contributed by atoms with E-state index in [4.69, 9.17) is 18.6 Å². The number of rotatable bonds is 10. The first-order valence-electron chi connectivity index (χ1n) is 12.9. The van der Waals surface area contributed by atoms with Crippen LogP contribution in [0.3, 0.4) is 0 Å². The van der Waals surface area contributed by atoms with Gasteiger partial charge in [-0.25, -0.2) is 0 Å². The Morgan fingerprint density at radius 2 is 1.89 bits per heavy atom. The summed E-state index contributed by atoms with van der Waals surface area (Å²) in [5.41, 5.74) is 1.30. The number of hydrogen-bond acceptors (Lipinski definition) is 7. The molecule has 2 aliphatic rings. The van der Waals surface area contributed by atoms with Gasteiger partial charge in [-0.2, -0.15) is 0 Å². The quantitative estimate of drug-likeness (QED) is 0.318. The molecule has 1 amide bonds. The number of nitrogens with zero attached hydrogens (tertiary/aromatic N) is 2. The van der Waals surface area contributed by atoms with Crippen molar-refractivity contribution in [1.29, 1.82) is 0 Å². The van der Waals surface area contributed by atoms with Gasteiger partial charge < -0.3 is 23.5 Å². The first-order valence-corrected chi connectivity index (χ1v) is 13.7. The van der Waals surface area contributed by atoms with Crippen LogP contribution in [0.4, 0.5) is 0 Å². The Hall–Kier alpha value is -3.14. The molecule has 9 heteroatoms. The largest absolute Gasteiger partial charge is 0.490 e. The van der Waals surface area contributed by atoms with Crippen LogP contribution < -0.4 is 14.9 Å². The second-order valence-electron chi connectivity index (χ2n) is 9.26. The van der Waals surface area contributed by atoms with Crippen molar-refractivity contribution in [3.05, 3.63) is 80.6 Å². The number of amides is 1. The Morgan fingerprint density at radius 1 is 1.08 bits per heavy atom. The van der Waals surface area contributed by atoms with Gasteiger partial charge in [-0.15, -0.1) is 0 Å². The molecule has 0 N–H and O–H groups in total. The van der Waals surface area contributed by atoms with E-state index in [0.717, 1.165) is 49.3 Å². The molecule has 38 heavy (non-hydrogen) atoms. The summed E-state index contributed by atoms with van der Waals surface area (Å²) >= 11 is 3.45. The highest BCUT2D eigenvalue weighted by Gasteiger charge is 2.42. The molecule has 1 aromatic heterocycles. The fraction of sp³-hybridized carbons (Fsp3) is 0.379. The molecule has 1 saturated heterocycles. The maximum absolute atomic E-state index is 13.8. The highest BCUT2D eigenvalue weighted by molar-refractivity contribution is 9.10. The Morgan fingerprint density at radius 3 is 2.66 bits per heavy atom. The average molecular weight is 583 g/mol. The highest BCUT2D eigenvalue weighted by atomic mass is 79.9. The number of carbonyl (C=O) groups is 1. The zero-order valence-electron chi connectivity index (χ0n) is 21.4. The molecule has 2 aromatic carbocycles. The van der Waals surface area contributed by atoms with Gasteiger partial charge in [0.15, 0.2) is 16.9 Å². The lowest BCUT2D eigenvalue weighted by Gasteiger charge is -2.29. The van der Waals surface area contributed by atoms with Gasteiger partial charge in [0.05, 0.1) is 36.8 Å². The van der Waals surface area contributed by atoms with Crippen LogP contribution in [0.5, 0.6) is 11.5 Å². The van der Waals surface area contributed by atoms with Gasteiger partial charge >= 0.3 is 0 Å². The molecule has 0 saturated carbocycles. The number of ether oxygens (including phenoxy) is 3. The van der Waals surface area contributed by atoms with Crippen LogP contribution in [0.25, 0.3) is 11.0 Å². The van der Waals surface area contributed by atoms with Gasteiger partial charge in [0.1, 0.15) is 12.2 Å². The summed E-state index contributed by atoms with van der Waals surface area (Å²) in [5, 5.41) is 0.432. The Balaban J connectivity index is 1.56. The summed E-state index contributed by atoms with van der Waals surface area (Å²) in [5.74, 6) is 0.951. The molecule has 3 aromatic rings. The van der Waals surface area contributed by atoms with E-state index in [2.05, 4.69) is 27.4 Å². The minimum absolute atomic E-state index is 0.103. The van der Waals surface area contributed by atoms with Gasteiger partial charge in [-0.05, 0) is 49.2 Å². The SMILES string of the molecule is C=CCOc1ccc(C2c3c(oc4ccc(Br)cc4c3=O)C(=O)N2CCCN2CCOCC2)cc1OCC. The minimum Gasteiger partial charge on any atom is -0.490 e. The second kappa shape index (κ2) is 11.7. The predicted octanol–water partition coefficient (Wildman–Crippen LogP) is 4.79. The fourth-order valence-electron chi connectivity index (χ4n) is 5.09. The Kier molecular flexibility index (Phi) is 8.16. The number of carbonyl (C=O) groups excluding carboxylic acids is 1. The lowest BCUT2D eigenvalue weighted by Crippen LogP contribution is -2.38. The Labute approximate surface area is 229 Å². The first kappa shape index (κ1) is 26.5. The van der Waals surface area contributed by atoms with Crippen LogP contribution in [0, 0.1) is 0 Å². The van der Waals surface area contributed by atoms with E-state index in [9.17, 15) is 9.59 Å². The van der Waals surface area contributed by atoms with Crippen molar-refractivity contribution in [2.75, 3.05) is 52.6 Å². The molecule has 0 radical (unpaired) electrons. The van der Waals surface area contributed by atoms with Gasteiger partial charge in [-0.1, -0.05) is 34.7 Å². The number of fused-ring (bicyclic) bond motifs is 2. The fourth-order valence-corrected chi connectivity index (χ4v) is 5.45. The molecule has 0 aliphatic carbocycles. The van der Waals surface area contributed by atoms with E-state index in [1.54, 1.807) is 29.2 Å². The second-order valence-corrected chi connectivity index (χ2v) is 10.2. The van der Waals surface area contributed by atoms with E-state index in [1.165, 1.54) is 0 Å². The van der Waals surface area contributed by atoms with Gasteiger partial charge in [0.2, 0.25) is 5.76 Å².